The zero-order valence-electron chi connectivity index (χ0n) is 10.5. The number of aromatic nitrogens is 1. The lowest BCUT2D eigenvalue weighted by Gasteiger charge is -2.22. The fraction of sp³-hybridized carbons (Fsp3) is 0.769. The van der Waals surface area contributed by atoms with Crippen LogP contribution in [0.25, 0.3) is 0 Å². The Morgan fingerprint density at radius 3 is 3.12 bits per heavy atom. The molecule has 0 amide bonds. The Bertz CT molecular complexity index is 372. The first-order valence-corrected chi connectivity index (χ1v) is 6.68. The molecular formula is C13H21N3O. The van der Waals surface area contributed by atoms with E-state index >= 15 is 0 Å². The van der Waals surface area contributed by atoms with E-state index in [9.17, 15) is 0 Å². The zero-order chi connectivity index (χ0) is 11.7. The maximum absolute atomic E-state index is 5.57. The summed E-state index contributed by atoms with van der Waals surface area (Å²) in [5.74, 6) is 2.69. The van der Waals surface area contributed by atoms with Crippen molar-refractivity contribution < 1.29 is 4.42 Å². The van der Waals surface area contributed by atoms with Crippen LogP contribution in [0.2, 0.25) is 0 Å². The van der Waals surface area contributed by atoms with E-state index < -0.39 is 0 Å². The lowest BCUT2D eigenvalue weighted by Crippen LogP contribution is -2.39. The summed E-state index contributed by atoms with van der Waals surface area (Å²) in [6.45, 7) is 6.26. The predicted octanol–water partition coefficient (Wildman–Crippen LogP) is 1.56. The average molecular weight is 235 g/mol. The van der Waals surface area contributed by atoms with Gasteiger partial charge in [0.1, 0.15) is 5.76 Å². The molecule has 1 aliphatic carbocycles. The molecule has 0 aromatic carbocycles. The lowest BCUT2D eigenvalue weighted by atomic mass is 10.2. The third kappa shape index (κ3) is 2.87. The first kappa shape index (κ1) is 11.2. The summed E-state index contributed by atoms with van der Waals surface area (Å²) in [5.41, 5.74) is 0. The van der Waals surface area contributed by atoms with Gasteiger partial charge in [-0.2, -0.15) is 0 Å². The molecule has 2 fully saturated rings. The van der Waals surface area contributed by atoms with E-state index in [2.05, 4.69) is 15.2 Å². The summed E-state index contributed by atoms with van der Waals surface area (Å²) >= 11 is 0. The number of hydrogen-bond donors (Lipinski definition) is 1. The summed E-state index contributed by atoms with van der Waals surface area (Å²) in [4.78, 5) is 6.78. The maximum Gasteiger partial charge on any atom is 0.208 e. The van der Waals surface area contributed by atoms with E-state index in [4.69, 9.17) is 4.42 Å². The van der Waals surface area contributed by atoms with Gasteiger partial charge in [0.2, 0.25) is 5.89 Å². The second-order valence-electron chi connectivity index (χ2n) is 5.35. The monoisotopic (exact) mass is 235 g/mol. The Morgan fingerprint density at radius 2 is 2.41 bits per heavy atom. The van der Waals surface area contributed by atoms with Crippen LogP contribution in [0.1, 0.15) is 30.9 Å². The lowest BCUT2D eigenvalue weighted by molar-refractivity contribution is 0.226. The van der Waals surface area contributed by atoms with Gasteiger partial charge in [0.25, 0.3) is 0 Å². The maximum atomic E-state index is 5.57. The van der Waals surface area contributed by atoms with Crippen molar-refractivity contribution in [3.05, 3.63) is 17.8 Å². The third-order valence-electron chi connectivity index (χ3n) is 3.73. The Balaban J connectivity index is 1.60. The van der Waals surface area contributed by atoms with Crippen LogP contribution in [0.15, 0.2) is 10.6 Å². The summed E-state index contributed by atoms with van der Waals surface area (Å²) in [7, 11) is 0. The topological polar surface area (TPSA) is 41.3 Å². The number of aryl methyl sites for hydroxylation is 1. The second-order valence-corrected chi connectivity index (χ2v) is 5.35. The minimum Gasteiger partial charge on any atom is -0.445 e. The predicted molar refractivity (Wildman–Crippen MR) is 65.6 cm³/mol. The van der Waals surface area contributed by atoms with E-state index in [0.29, 0.717) is 6.04 Å². The molecule has 0 radical (unpaired) electrons. The molecule has 1 aromatic heterocycles. The minimum absolute atomic E-state index is 0.688. The van der Waals surface area contributed by atoms with Gasteiger partial charge >= 0.3 is 0 Å². The fourth-order valence-corrected chi connectivity index (χ4v) is 2.65. The number of oxazole rings is 1. The van der Waals surface area contributed by atoms with Crippen molar-refractivity contribution in [3.63, 3.8) is 0 Å². The van der Waals surface area contributed by atoms with Crippen molar-refractivity contribution in [1.29, 1.82) is 0 Å². The molecule has 0 spiro atoms. The molecule has 4 heteroatoms. The van der Waals surface area contributed by atoms with Crippen molar-refractivity contribution in [2.24, 2.45) is 5.92 Å². The van der Waals surface area contributed by atoms with Crippen LogP contribution >= 0.6 is 0 Å². The van der Waals surface area contributed by atoms with Crippen molar-refractivity contribution >= 4 is 0 Å². The van der Waals surface area contributed by atoms with E-state index in [-0.39, 0.29) is 0 Å². The number of nitrogens with one attached hydrogen (secondary N) is 1. The molecule has 1 N–H and O–H groups in total. The van der Waals surface area contributed by atoms with Crippen LogP contribution in [0, 0.1) is 12.8 Å². The van der Waals surface area contributed by atoms with Crippen molar-refractivity contribution in [2.45, 2.75) is 38.8 Å². The first-order chi connectivity index (χ1) is 8.31. The van der Waals surface area contributed by atoms with Gasteiger partial charge in [-0.1, -0.05) is 0 Å². The second kappa shape index (κ2) is 4.78. The van der Waals surface area contributed by atoms with Gasteiger partial charge in [-0.05, 0) is 45.2 Å². The molecule has 94 valence electrons. The summed E-state index contributed by atoms with van der Waals surface area (Å²) in [6.07, 6.45) is 5.85. The Morgan fingerprint density at radius 1 is 1.53 bits per heavy atom. The summed E-state index contributed by atoms with van der Waals surface area (Å²) < 4.78 is 5.57. The van der Waals surface area contributed by atoms with Crippen LogP contribution in [-0.2, 0) is 6.54 Å². The Labute approximate surface area is 102 Å². The molecule has 4 nitrogen and oxygen atoms in total. The van der Waals surface area contributed by atoms with Gasteiger partial charge in [-0.25, -0.2) is 4.98 Å². The van der Waals surface area contributed by atoms with Crippen molar-refractivity contribution in [2.75, 3.05) is 19.6 Å². The molecule has 1 aromatic rings. The number of nitrogens with zero attached hydrogens (tertiary/aromatic N) is 2. The molecular weight excluding hydrogens is 214 g/mol. The first-order valence-electron chi connectivity index (χ1n) is 6.68. The molecule has 1 unspecified atom stereocenters. The molecule has 1 atom stereocenters. The molecule has 17 heavy (non-hydrogen) atoms. The van der Waals surface area contributed by atoms with Crippen LogP contribution in [0.3, 0.4) is 0 Å². The smallest absolute Gasteiger partial charge is 0.208 e. The standard InChI is InChI=1S/C13H21N3O/c1-10-7-15-13(17-10)9-16-6-2-5-14-12(8-16)11-3-4-11/h7,11-12,14H,2-6,8-9H2,1H3. The molecule has 1 saturated heterocycles. The highest BCUT2D eigenvalue weighted by atomic mass is 16.4. The van der Waals surface area contributed by atoms with Crippen molar-refractivity contribution in [1.82, 2.24) is 15.2 Å². The van der Waals surface area contributed by atoms with Crippen LogP contribution in [0.4, 0.5) is 0 Å². The molecule has 1 aliphatic heterocycles. The Kier molecular flexibility index (Phi) is 3.16. The number of hydrogen-bond acceptors (Lipinski definition) is 4. The number of rotatable bonds is 3. The van der Waals surface area contributed by atoms with E-state index in [1.807, 2.05) is 13.1 Å². The minimum atomic E-state index is 0.688. The van der Waals surface area contributed by atoms with Gasteiger partial charge in [0.05, 0.1) is 12.7 Å². The summed E-state index contributed by atoms with van der Waals surface area (Å²) in [6, 6.07) is 0.688. The largest absolute Gasteiger partial charge is 0.445 e. The van der Waals surface area contributed by atoms with Gasteiger partial charge in [-0.15, -0.1) is 0 Å². The van der Waals surface area contributed by atoms with Gasteiger partial charge in [0.15, 0.2) is 0 Å². The third-order valence-corrected chi connectivity index (χ3v) is 3.73. The molecule has 2 aliphatic rings. The molecule has 2 heterocycles. The van der Waals surface area contributed by atoms with Gasteiger partial charge < -0.3 is 9.73 Å². The zero-order valence-corrected chi connectivity index (χ0v) is 10.5. The van der Waals surface area contributed by atoms with Gasteiger partial charge in [0, 0.05) is 12.6 Å². The highest BCUT2D eigenvalue weighted by Gasteiger charge is 2.33. The van der Waals surface area contributed by atoms with Gasteiger partial charge in [-0.3, -0.25) is 4.90 Å². The molecule has 0 bridgehead atoms. The van der Waals surface area contributed by atoms with Crippen LogP contribution < -0.4 is 5.32 Å². The molecule has 1 saturated carbocycles. The SMILES string of the molecule is Cc1cnc(CN2CCCNC(C3CC3)C2)o1. The van der Waals surface area contributed by atoms with E-state index in [1.54, 1.807) is 0 Å². The quantitative estimate of drug-likeness (QED) is 0.863. The van der Waals surface area contributed by atoms with E-state index in [0.717, 1.165) is 43.7 Å². The van der Waals surface area contributed by atoms with E-state index in [1.165, 1.54) is 19.3 Å². The highest BCUT2D eigenvalue weighted by Crippen LogP contribution is 2.33. The Hall–Kier alpha value is -0.870. The molecule has 3 rings (SSSR count). The normalized spacial score (nSPS) is 27.0. The van der Waals surface area contributed by atoms with Crippen LogP contribution in [-0.4, -0.2) is 35.6 Å². The average Bonchev–Trinajstić information content (AvgIpc) is 3.07. The fourth-order valence-electron chi connectivity index (χ4n) is 2.65. The highest BCUT2D eigenvalue weighted by molar-refractivity contribution is 4.93. The van der Waals surface area contributed by atoms with Crippen LogP contribution in [0.5, 0.6) is 0 Å². The van der Waals surface area contributed by atoms with Crippen molar-refractivity contribution in [3.8, 4) is 0 Å². The summed E-state index contributed by atoms with van der Waals surface area (Å²) in [5, 5.41) is 3.67.